The van der Waals surface area contributed by atoms with E-state index >= 15 is 0 Å². The van der Waals surface area contributed by atoms with Crippen molar-refractivity contribution >= 4 is 12.0 Å². The number of hydrogen-bond acceptors (Lipinski definition) is 2. The predicted octanol–water partition coefficient (Wildman–Crippen LogP) is 1.97. The molecular formula is C12H24N2O3. The van der Waals surface area contributed by atoms with E-state index in [1.165, 1.54) is 0 Å². The molecule has 0 fully saturated rings. The maximum Gasteiger partial charge on any atom is 0.315 e. The van der Waals surface area contributed by atoms with Crippen LogP contribution in [0.2, 0.25) is 0 Å². The zero-order valence-electron chi connectivity index (χ0n) is 11.5. The van der Waals surface area contributed by atoms with E-state index in [1.807, 2.05) is 13.8 Å². The first-order chi connectivity index (χ1) is 7.54. The van der Waals surface area contributed by atoms with Crippen LogP contribution in [0.25, 0.3) is 0 Å². The molecule has 0 bridgehead atoms. The first-order valence-electron chi connectivity index (χ1n) is 5.86. The smallest absolute Gasteiger partial charge is 0.315 e. The molecule has 0 spiro atoms. The summed E-state index contributed by atoms with van der Waals surface area (Å²) in [5.41, 5.74) is -1.88. The van der Waals surface area contributed by atoms with Gasteiger partial charge in [0.1, 0.15) is 0 Å². The lowest BCUT2D eigenvalue weighted by molar-refractivity contribution is -0.150. The second-order valence-corrected chi connectivity index (χ2v) is 5.46. The topological polar surface area (TPSA) is 78.4 Å². The van der Waals surface area contributed by atoms with Crippen molar-refractivity contribution < 1.29 is 14.7 Å². The Hall–Kier alpha value is -1.26. The fraction of sp³-hybridized carbons (Fsp3) is 0.833. The van der Waals surface area contributed by atoms with E-state index in [4.69, 9.17) is 5.11 Å². The Balaban J connectivity index is 4.65. The quantitative estimate of drug-likeness (QED) is 0.692. The fourth-order valence-electron chi connectivity index (χ4n) is 1.07. The van der Waals surface area contributed by atoms with E-state index in [2.05, 4.69) is 10.6 Å². The van der Waals surface area contributed by atoms with Gasteiger partial charge in [-0.05, 0) is 41.0 Å². The van der Waals surface area contributed by atoms with Crippen LogP contribution in [0.1, 0.15) is 48.0 Å². The van der Waals surface area contributed by atoms with E-state index in [1.54, 1.807) is 27.7 Å². The molecule has 5 heteroatoms. The highest BCUT2D eigenvalue weighted by Crippen LogP contribution is 2.30. The molecule has 17 heavy (non-hydrogen) atoms. The van der Waals surface area contributed by atoms with Gasteiger partial charge in [0, 0.05) is 6.04 Å². The minimum atomic E-state index is -1.04. The largest absolute Gasteiger partial charge is 0.481 e. The van der Waals surface area contributed by atoms with Crippen molar-refractivity contribution in [1.29, 1.82) is 0 Å². The van der Waals surface area contributed by atoms with E-state index in [-0.39, 0.29) is 12.1 Å². The molecule has 2 amide bonds. The Bertz CT molecular complexity index is 298. The summed E-state index contributed by atoms with van der Waals surface area (Å²) in [6.07, 6.45) is 0.830. The average molecular weight is 244 g/mol. The molecule has 3 N–H and O–H groups in total. The number of aliphatic carboxylic acids is 1. The van der Waals surface area contributed by atoms with Crippen LogP contribution in [0.3, 0.4) is 0 Å². The number of carbonyl (C=O) groups excluding carboxylic acids is 1. The minimum absolute atomic E-state index is 0.0683. The molecule has 100 valence electrons. The third-order valence-electron chi connectivity index (χ3n) is 3.51. The number of carboxylic acids is 1. The van der Waals surface area contributed by atoms with Gasteiger partial charge in [-0.1, -0.05) is 6.92 Å². The van der Waals surface area contributed by atoms with Crippen molar-refractivity contribution in [3.05, 3.63) is 0 Å². The molecule has 0 aromatic rings. The fourth-order valence-corrected chi connectivity index (χ4v) is 1.07. The number of carbonyl (C=O) groups is 2. The van der Waals surface area contributed by atoms with Crippen molar-refractivity contribution in [2.75, 3.05) is 0 Å². The molecule has 1 unspecified atom stereocenters. The van der Waals surface area contributed by atoms with Crippen LogP contribution in [0.15, 0.2) is 0 Å². The highest BCUT2D eigenvalue weighted by molar-refractivity contribution is 5.79. The zero-order valence-corrected chi connectivity index (χ0v) is 11.5. The highest BCUT2D eigenvalue weighted by atomic mass is 16.4. The van der Waals surface area contributed by atoms with Gasteiger partial charge in [0.25, 0.3) is 0 Å². The molecule has 1 atom stereocenters. The molecule has 5 nitrogen and oxygen atoms in total. The monoisotopic (exact) mass is 244 g/mol. The lowest BCUT2D eigenvalue weighted by Gasteiger charge is -2.38. The van der Waals surface area contributed by atoms with Crippen LogP contribution in [0.4, 0.5) is 4.79 Å². The standard InChI is InChI=1S/C12H24N2O3/c1-7-8(2)13-10(17)14-12(5,6)11(3,4)9(15)16/h8H,7H2,1-6H3,(H,15,16)(H2,13,14,17). The molecule has 0 heterocycles. The number of amides is 2. The zero-order chi connectivity index (χ0) is 13.9. The number of carboxylic acid groups (broad SMARTS) is 1. The Kier molecular flexibility index (Phi) is 4.98. The minimum Gasteiger partial charge on any atom is -0.481 e. The normalized spacial score (nSPS) is 14.0. The highest BCUT2D eigenvalue weighted by Gasteiger charge is 2.44. The van der Waals surface area contributed by atoms with Crippen LogP contribution in [0, 0.1) is 5.41 Å². The first-order valence-corrected chi connectivity index (χ1v) is 5.86. The van der Waals surface area contributed by atoms with Crippen LogP contribution in [-0.2, 0) is 4.79 Å². The van der Waals surface area contributed by atoms with E-state index in [9.17, 15) is 9.59 Å². The van der Waals surface area contributed by atoms with Crippen LogP contribution in [0.5, 0.6) is 0 Å². The summed E-state index contributed by atoms with van der Waals surface area (Å²) in [7, 11) is 0. The van der Waals surface area contributed by atoms with Gasteiger partial charge in [0.05, 0.1) is 11.0 Å². The summed E-state index contributed by atoms with van der Waals surface area (Å²) in [4.78, 5) is 22.8. The molecule has 0 aromatic heterocycles. The van der Waals surface area contributed by atoms with Gasteiger partial charge in [-0.3, -0.25) is 4.79 Å². The Morgan fingerprint density at radius 2 is 1.71 bits per heavy atom. The molecule has 0 rings (SSSR count). The number of hydrogen-bond donors (Lipinski definition) is 3. The molecule has 0 aliphatic rings. The second kappa shape index (κ2) is 5.38. The third-order valence-corrected chi connectivity index (χ3v) is 3.51. The van der Waals surface area contributed by atoms with E-state index in [0.29, 0.717) is 0 Å². The third kappa shape index (κ3) is 3.91. The SMILES string of the molecule is CCC(C)NC(=O)NC(C)(C)C(C)(C)C(=O)O. The van der Waals surface area contributed by atoms with Gasteiger partial charge >= 0.3 is 12.0 Å². The molecule has 0 saturated heterocycles. The number of rotatable bonds is 5. The average Bonchev–Trinajstić information content (AvgIpc) is 2.15. The van der Waals surface area contributed by atoms with Crippen molar-refractivity contribution in [2.45, 2.75) is 59.5 Å². The Morgan fingerprint density at radius 1 is 1.24 bits per heavy atom. The van der Waals surface area contributed by atoms with Gasteiger partial charge in [-0.15, -0.1) is 0 Å². The van der Waals surface area contributed by atoms with Gasteiger partial charge in [0.2, 0.25) is 0 Å². The Morgan fingerprint density at radius 3 is 2.06 bits per heavy atom. The van der Waals surface area contributed by atoms with E-state index < -0.39 is 16.9 Å². The predicted molar refractivity (Wildman–Crippen MR) is 66.9 cm³/mol. The van der Waals surface area contributed by atoms with Crippen molar-refractivity contribution in [3.63, 3.8) is 0 Å². The van der Waals surface area contributed by atoms with Crippen molar-refractivity contribution in [2.24, 2.45) is 5.41 Å². The maximum absolute atomic E-state index is 11.7. The van der Waals surface area contributed by atoms with Gasteiger partial charge in [0.15, 0.2) is 0 Å². The van der Waals surface area contributed by atoms with Crippen LogP contribution in [-0.4, -0.2) is 28.7 Å². The molecule has 0 aromatic carbocycles. The number of urea groups is 1. The maximum atomic E-state index is 11.7. The summed E-state index contributed by atoms with van der Waals surface area (Å²) in [6, 6.07) is -0.266. The Labute approximate surface area is 103 Å². The van der Waals surface area contributed by atoms with Crippen molar-refractivity contribution in [3.8, 4) is 0 Å². The summed E-state index contributed by atoms with van der Waals surface area (Å²) >= 11 is 0. The molecule has 0 saturated carbocycles. The van der Waals surface area contributed by atoms with Crippen LogP contribution >= 0.6 is 0 Å². The van der Waals surface area contributed by atoms with Gasteiger partial charge < -0.3 is 15.7 Å². The molecule has 0 aliphatic heterocycles. The van der Waals surface area contributed by atoms with Gasteiger partial charge in [-0.2, -0.15) is 0 Å². The van der Waals surface area contributed by atoms with Crippen molar-refractivity contribution in [1.82, 2.24) is 10.6 Å². The lowest BCUT2D eigenvalue weighted by atomic mass is 9.74. The van der Waals surface area contributed by atoms with E-state index in [0.717, 1.165) is 6.42 Å². The summed E-state index contributed by atoms with van der Waals surface area (Å²) in [5, 5.41) is 14.6. The van der Waals surface area contributed by atoms with Gasteiger partial charge in [-0.25, -0.2) is 4.79 Å². The lowest BCUT2D eigenvalue weighted by Crippen LogP contribution is -2.59. The first kappa shape index (κ1) is 15.7. The summed E-state index contributed by atoms with van der Waals surface area (Å²) in [5.74, 6) is -0.939. The summed E-state index contributed by atoms with van der Waals surface area (Å²) < 4.78 is 0. The second-order valence-electron chi connectivity index (χ2n) is 5.46. The van der Waals surface area contributed by atoms with Crippen LogP contribution < -0.4 is 10.6 Å². The molecule has 0 radical (unpaired) electrons. The molecule has 0 aliphatic carbocycles. The molecular weight excluding hydrogens is 220 g/mol. The number of nitrogens with one attached hydrogen (secondary N) is 2. The summed E-state index contributed by atoms with van der Waals surface area (Å²) in [6.45, 7) is 10.5.